The second kappa shape index (κ2) is 4.75. The average molecular weight is 290 g/mol. The van der Waals surface area contributed by atoms with Crippen LogP contribution in [0.4, 0.5) is 0 Å². The molecule has 0 aliphatic rings. The molecule has 0 aromatic carbocycles. The van der Waals surface area contributed by atoms with Crippen molar-refractivity contribution in [3.8, 4) is 10.7 Å². The van der Waals surface area contributed by atoms with E-state index in [0.717, 1.165) is 11.3 Å². The Morgan fingerprint density at radius 1 is 1.25 bits per heavy atom. The molecule has 104 valence electrons. The third-order valence-electron chi connectivity index (χ3n) is 3.19. The SMILES string of the molecule is CCc1ccc(-c2nc3c([nH]2)c(=O)[nH]c(=O)n3CC)s1. The molecule has 20 heavy (non-hydrogen) atoms. The van der Waals surface area contributed by atoms with Crippen LogP contribution in [0.2, 0.25) is 0 Å². The van der Waals surface area contributed by atoms with E-state index in [0.29, 0.717) is 23.5 Å². The summed E-state index contributed by atoms with van der Waals surface area (Å²) in [5.41, 5.74) is -0.111. The summed E-state index contributed by atoms with van der Waals surface area (Å²) < 4.78 is 1.45. The number of hydrogen-bond acceptors (Lipinski definition) is 4. The van der Waals surface area contributed by atoms with Gasteiger partial charge >= 0.3 is 5.69 Å². The fourth-order valence-electron chi connectivity index (χ4n) is 2.15. The van der Waals surface area contributed by atoms with Crippen molar-refractivity contribution < 1.29 is 0 Å². The lowest BCUT2D eigenvalue weighted by Gasteiger charge is -1.99. The number of fused-ring (bicyclic) bond motifs is 1. The van der Waals surface area contributed by atoms with Crippen LogP contribution in [0.3, 0.4) is 0 Å². The number of imidazole rings is 1. The molecule has 0 radical (unpaired) electrons. The standard InChI is InChI=1S/C13H14N4O2S/c1-3-7-5-6-8(20-7)10-14-9-11(15-10)17(4-2)13(19)16-12(9)18/h5-6H,3-4H2,1-2H3,(H,14,15)(H,16,18,19). The van der Waals surface area contributed by atoms with Gasteiger partial charge < -0.3 is 4.98 Å². The van der Waals surface area contributed by atoms with Crippen LogP contribution in [-0.4, -0.2) is 19.5 Å². The normalized spacial score (nSPS) is 11.3. The summed E-state index contributed by atoms with van der Waals surface area (Å²) in [6, 6.07) is 4.02. The summed E-state index contributed by atoms with van der Waals surface area (Å²) in [6.07, 6.45) is 0.963. The lowest BCUT2D eigenvalue weighted by atomic mass is 10.3. The van der Waals surface area contributed by atoms with Crippen molar-refractivity contribution in [3.05, 3.63) is 37.8 Å². The molecule has 7 heteroatoms. The molecule has 0 bridgehead atoms. The number of aromatic nitrogens is 4. The fourth-order valence-corrected chi connectivity index (χ4v) is 3.04. The van der Waals surface area contributed by atoms with E-state index in [1.54, 1.807) is 11.3 Å². The molecule has 0 atom stereocenters. The predicted octanol–water partition coefficient (Wildman–Crippen LogP) is 1.72. The van der Waals surface area contributed by atoms with Gasteiger partial charge in [-0.15, -0.1) is 11.3 Å². The molecule has 0 unspecified atom stereocenters. The first-order valence-electron chi connectivity index (χ1n) is 6.46. The molecule has 3 aromatic rings. The minimum atomic E-state index is -0.430. The molecule has 0 saturated carbocycles. The molecule has 0 aliphatic carbocycles. The van der Waals surface area contributed by atoms with Gasteiger partial charge in [-0.3, -0.25) is 14.3 Å². The third-order valence-corrected chi connectivity index (χ3v) is 4.43. The minimum absolute atomic E-state index is 0.341. The molecule has 6 nitrogen and oxygen atoms in total. The largest absolute Gasteiger partial charge is 0.331 e. The second-order valence-corrected chi connectivity index (χ2v) is 5.58. The van der Waals surface area contributed by atoms with E-state index >= 15 is 0 Å². The Hall–Kier alpha value is -2.15. The molecule has 3 aromatic heterocycles. The molecule has 0 spiro atoms. The van der Waals surface area contributed by atoms with Crippen molar-refractivity contribution in [1.29, 1.82) is 0 Å². The number of aryl methyl sites for hydroxylation is 2. The number of nitrogens with zero attached hydrogens (tertiary/aromatic N) is 2. The third kappa shape index (κ3) is 1.90. The van der Waals surface area contributed by atoms with Crippen LogP contribution in [0.25, 0.3) is 21.9 Å². The van der Waals surface area contributed by atoms with E-state index in [-0.39, 0.29) is 0 Å². The Morgan fingerprint density at radius 2 is 2.05 bits per heavy atom. The van der Waals surface area contributed by atoms with Gasteiger partial charge in [-0.1, -0.05) is 6.92 Å². The van der Waals surface area contributed by atoms with Crippen molar-refractivity contribution in [2.75, 3.05) is 0 Å². The fraction of sp³-hybridized carbons (Fsp3) is 0.308. The van der Waals surface area contributed by atoms with E-state index in [4.69, 9.17) is 0 Å². The smallest absolute Gasteiger partial charge is 0.330 e. The van der Waals surface area contributed by atoms with E-state index < -0.39 is 11.2 Å². The van der Waals surface area contributed by atoms with Gasteiger partial charge in [-0.2, -0.15) is 0 Å². The molecule has 0 amide bonds. The van der Waals surface area contributed by atoms with E-state index in [1.807, 2.05) is 19.1 Å². The Bertz CT molecular complexity index is 884. The van der Waals surface area contributed by atoms with Crippen molar-refractivity contribution in [1.82, 2.24) is 19.5 Å². The van der Waals surface area contributed by atoms with Gasteiger partial charge in [0.25, 0.3) is 5.56 Å². The molecule has 0 aliphatic heterocycles. The Labute approximate surface area is 118 Å². The lowest BCUT2D eigenvalue weighted by molar-refractivity contribution is 0.720. The highest BCUT2D eigenvalue weighted by atomic mass is 32.1. The quantitative estimate of drug-likeness (QED) is 0.770. The summed E-state index contributed by atoms with van der Waals surface area (Å²) in [5.74, 6) is 0.628. The monoisotopic (exact) mass is 290 g/mol. The highest BCUT2D eigenvalue weighted by Crippen LogP contribution is 2.27. The van der Waals surface area contributed by atoms with Gasteiger partial charge in [0.2, 0.25) is 0 Å². The first-order chi connectivity index (χ1) is 9.63. The molecule has 2 N–H and O–H groups in total. The van der Waals surface area contributed by atoms with Crippen molar-refractivity contribution in [3.63, 3.8) is 0 Å². The van der Waals surface area contributed by atoms with Gasteiger partial charge in [-0.05, 0) is 25.5 Å². The molecule has 0 fully saturated rings. The topological polar surface area (TPSA) is 83.5 Å². The maximum atomic E-state index is 11.8. The minimum Gasteiger partial charge on any atom is -0.331 e. The summed E-state index contributed by atoms with van der Waals surface area (Å²) in [5, 5.41) is 0. The van der Waals surface area contributed by atoms with Crippen LogP contribution >= 0.6 is 11.3 Å². The van der Waals surface area contributed by atoms with Crippen LogP contribution in [0.1, 0.15) is 18.7 Å². The van der Waals surface area contributed by atoms with Gasteiger partial charge in [0, 0.05) is 11.4 Å². The predicted molar refractivity (Wildman–Crippen MR) is 79.3 cm³/mol. The van der Waals surface area contributed by atoms with Crippen molar-refractivity contribution in [2.45, 2.75) is 26.8 Å². The first kappa shape index (κ1) is 12.9. The molecule has 0 saturated heterocycles. The second-order valence-electron chi connectivity index (χ2n) is 4.41. The number of rotatable bonds is 3. The maximum Gasteiger partial charge on any atom is 0.330 e. The highest BCUT2D eigenvalue weighted by Gasteiger charge is 2.14. The zero-order valence-corrected chi connectivity index (χ0v) is 12.0. The maximum absolute atomic E-state index is 11.8. The van der Waals surface area contributed by atoms with Crippen LogP contribution < -0.4 is 11.2 Å². The summed E-state index contributed by atoms with van der Waals surface area (Å²) in [6.45, 7) is 4.39. The van der Waals surface area contributed by atoms with Crippen LogP contribution in [0.5, 0.6) is 0 Å². The average Bonchev–Trinajstić information content (AvgIpc) is 3.05. The van der Waals surface area contributed by atoms with E-state index in [2.05, 4.69) is 21.9 Å². The van der Waals surface area contributed by atoms with Crippen LogP contribution in [0.15, 0.2) is 21.7 Å². The van der Waals surface area contributed by atoms with Crippen LogP contribution in [0, 0.1) is 0 Å². The zero-order valence-electron chi connectivity index (χ0n) is 11.2. The summed E-state index contributed by atoms with van der Waals surface area (Å²) in [4.78, 5) is 35.5. The van der Waals surface area contributed by atoms with Crippen molar-refractivity contribution >= 4 is 22.5 Å². The summed E-state index contributed by atoms with van der Waals surface area (Å²) >= 11 is 1.63. The highest BCUT2D eigenvalue weighted by molar-refractivity contribution is 7.15. The van der Waals surface area contributed by atoms with Gasteiger partial charge in [-0.25, -0.2) is 9.78 Å². The molecular weight excluding hydrogens is 276 g/mol. The van der Waals surface area contributed by atoms with Crippen LogP contribution in [-0.2, 0) is 13.0 Å². The van der Waals surface area contributed by atoms with Gasteiger partial charge in [0.05, 0.1) is 4.88 Å². The lowest BCUT2D eigenvalue weighted by Crippen LogP contribution is -2.29. The number of H-pyrrole nitrogens is 2. The first-order valence-corrected chi connectivity index (χ1v) is 7.27. The number of nitrogens with one attached hydrogen (secondary N) is 2. The van der Waals surface area contributed by atoms with Gasteiger partial charge in [0.1, 0.15) is 5.52 Å². The number of thiophene rings is 1. The van der Waals surface area contributed by atoms with Crippen molar-refractivity contribution in [2.24, 2.45) is 0 Å². The number of hydrogen-bond donors (Lipinski definition) is 2. The molecule has 3 rings (SSSR count). The Morgan fingerprint density at radius 3 is 2.70 bits per heavy atom. The summed E-state index contributed by atoms with van der Waals surface area (Å²) in [7, 11) is 0. The molecular formula is C13H14N4O2S. The Balaban J connectivity index is 2.27. The van der Waals surface area contributed by atoms with E-state index in [1.165, 1.54) is 9.44 Å². The number of aromatic amines is 2. The zero-order chi connectivity index (χ0) is 14.3. The Kier molecular flexibility index (Phi) is 3.06. The van der Waals surface area contributed by atoms with Gasteiger partial charge in [0.15, 0.2) is 11.5 Å². The molecule has 3 heterocycles. The van der Waals surface area contributed by atoms with E-state index in [9.17, 15) is 9.59 Å².